The van der Waals surface area contributed by atoms with E-state index in [1.165, 1.54) is 0 Å². The predicted octanol–water partition coefficient (Wildman–Crippen LogP) is -1.05. The molecule has 0 bridgehead atoms. The standard InChI is InChI=1S/C8H13N3O2/c9-7(5-12)8(13)11-4-6-2-1-3-10-6/h1-3,7,10,12H,4-5,9H2,(H,11,13). The lowest BCUT2D eigenvalue weighted by Gasteiger charge is -2.08. The van der Waals surface area contributed by atoms with E-state index in [1.54, 1.807) is 6.20 Å². The number of nitrogens with two attached hydrogens (primary N) is 1. The molecule has 1 aromatic rings. The molecule has 5 N–H and O–H groups in total. The van der Waals surface area contributed by atoms with E-state index in [1.807, 2.05) is 12.1 Å². The highest BCUT2D eigenvalue weighted by molar-refractivity contribution is 5.81. The summed E-state index contributed by atoms with van der Waals surface area (Å²) in [5.41, 5.74) is 6.19. The molecule has 5 nitrogen and oxygen atoms in total. The molecule has 5 heteroatoms. The molecular formula is C8H13N3O2. The molecule has 1 unspecified atom stereocenters. The minimum atomic E-state index is -0.838. The lowest BCUT2D eigenvalue weighted by molar-refractivity contribution is -0.123. The van der Waals surface area contributed by atoms with E-state index in [0.29, 0.717) is 6.54 Å². The SMILES string of the molecule is NC(CO)C(=O)NCc1ccc[nH]1. The van der Waals surface area contributed by atoms with E-state index in [-0.39, 0.29) is 12.5 Å². The number of nitrogens with one attached hydrogen (secondary N) is 2. The van der Waals surface area contributed by atoms with Crippen LogP contribution < -0.4 is 11.1 Å². The summed E-state index contributed by atoms with van der Waals surface area (Å²) in [7, 11) is 0. The lowest BCUT2D eigenvalue weighted by atomic mass is 10.3. The molecule has 0 spiro atoms. The summed E-state index contributed by atoms with van der Waals surface area (Å²) in [4.78, 5) is 14.0. The zero-order valence-corrected chi connectivity index (χ0v) is 7.16. The van der Waals surface area contributed by atoms with Crippen LogP contribution in [0.5, 0.6) is 0 Å². The first-order valence-electron chi connectivity index (χ1n) is 4.00. The largest absolute Gasteiger partial charge is 0.394 e. The number of hydrogen-bond acceptors (Lipinski definition) is 3. The van der Waals surface area contributed by atoms with Gasteiger partial charge in [-0.25, -0.2) is 0 Å². The second-order valence-corrected chi connectivity index (χ2v) is 2.70. The summed E-state index contributed by atoms with van der Waals surface area (Å²) in [6.45, 7) is 0.0656. The third kappa shape index (κ3) is 2.89. The van der Waals surface area contributed by atoms with Crippen LogP contribution in [0, 0.1) is 0 Å². The first-order chi connectivity index (χ1) is 6.24. The molecule has 1 atom stereocenters. The van der Waals surface area contributed by atoms with E-state index in [9.17, 15) is 4.79 Å². The van der Waals surface area contributed by atoms with Gasteiger partial charge in [0.25, 0.3) is 0 Å². The van der Waals surface area contributed by atoms with Gasteiger partial charge in [0, 0.05) is 11.9 Å². The first-order valence-corrected chi connectivity index (χ1v) is 4.00. The smallest absolute Gasteiger partial charge is 0.239 e. The van der Waals surface area contributed by atoms with Crippen LogP contribution in [-0.2, 0) is 11.3 Å². The van der Waals surface area contributed by atoms with Crippen molar-refractivity contribution in [3.63, 3.8) is 0 Å². The Hall–Kier alpha value is -1.33. The van der Waals surface area contributed by atoms with Gasteiger partial charge in [-0.1, -0.05) is 0 Å². The van der Waals surface area contributed by atoms with Crippen molar-refractivity contribution < 1.29 is 9.90 Å². The van der Waals surface area contributed by atoms with Gasteiger partial charge < -0.3 is 21.1 Å². The Morgan fingerprint density at radius 2 is 2.54 bits per heavy atom. The average molecular weight is 183 g/mol. The molecule has 0 fully saturated rings. The highest BCUT2D eigenvalue weighted by Crippen LogP contribution is 1.92. The second-order valence-electron chi connectivity index (χ2n) is 2.70. The van der Waals surface area contributed by atoms with Crippen molar-refractivity contribution in [2.75, 3.05) is 6.61 Å². The van der Waals surface area contributed by atoms with Crippen molar-refractivity contribution in [1.82, 2.24) is 10.3 Å². The maximum absolute atomic E-state index is 11.1. The molecule has 1 heterocycles. The molecule has 0 aliphatic rings. The van der Waals surface area contributed by atoms with Gasteiger partial charge in [0.05, 0.1) is 13.2 Å². The van der Waals surface area contributed by atoms with Gasteiger partial charge in [0.15, 0.2) is 0 Å². The van der Waals surface area contributed by atoms with Gasteiger partial charge in [0.1, 0.15) is 6.04 Å². The summed E-state index contributed by atoms with van der Waals surface area (Å²) in [6.07, 6.45) is 1.77. The van der Waals surface area contributed by atoms with E-state index in [2.05, 4.69) is 10.3 Å². The minimum Gasteiger partial charge on any atom is -0.394 e. The van der Waals surface area contributed by atoms with Crippen LogP contribution in [0.25, 0.3) is 0 Å². The Labute approximate surface area is 75.9 Å². The quantitative estimate of drug-likeness (QED) is 0.480. The molecule has 0 radical (unpaired) electrons. The number of H-pyrrole nitrogens is 1. The lowest BCUT2D eigenvalue weighted by Crippen LogP contribution is -2.42. The number of aromatic nitrogens is 1. The molecule has 13 heavy (non-hydrogen) atoms. The fourth-order valence-corrected chi connectivity index (χ4v) is 0.874. The summed E-state index contributed by atoms with van der Waals surface area (Å²) in [5.74, 6) is -0.350. The molecular weight excluding hydrogens is 170 g/mol. The van der Waals surface area contributed by atoms with Crippen LogP contribution in [0.2, 0.25) is 0 Å². The number of aliphatic hydroxyl groups is 1. The molecule has 0 saturated carbocycles. The Bertz CT molecular complexity index is 258. The normalized spacial score (nSPS) is 12.5. The minimum absolute atomic E-state index is 0.337. The van der Waals surface area contributed by atoms with Crippen molar-refractivity contribution in [2.24, 2.45) is 5.73 Å². The predicted molar refractivity (Wildman–Crippen MR) is 47.7 cm³/mol. The zero-order valence-electron chi connectivity index (χ0n) is 7.16. The summed E-state index contributed by atoms with van der Waals surface area (Å²) in [6, 6.07) is 2.85. The molecule has 0 aromatic carbocycles. The molecule has 72 valence electrons. The first kappa shape index (κ1) is 9.76. The third-order valence-electron chi connectivity index (χ3n) is 1.65. The Balaban J connectivity index is 2.31. The van der Waals surface area contributed by atoms with Crippen molar-refractivity contribution in [3.8, 4) is 0 Å². The van der Waals surface area contributed by atoms with Crippen molar-refractivity contribution in [3.05, 3.63) is 24.0 Å². The van der Waals surface area contributed by atoms with Gasteiger partial charge in [-0.05, 0) is 12.1 Å². The number of aromatic amines is 1. The second kappa shape index (κ2) is 4.64. The molecule has 1 amide bonds. The fourth-order valence-electron chi connectivity index (χ4n) is 0.874. The van der Waals surface area contributed by atoms with Crippen LogP contribution >= 0.6 is 0 Å². The van der Waals surface area contributed by atoms with Gasteiger partial charge in [-0.15, -0.1) is 0 Å². The molecule has 1 rings (SSSR count). The van der Waals surface area contributed by atoms with Crippen LogP contribution in [0.4, 0.5) is 0 Å². The Morgan fingerprint density at radius 3 is 3.08 bits per heavy atom. The molecule has 0 aliphatic heterocycles. The van der Waals surface area contributed by atoms with Crippen LogP contribution in [0.3, 0.4) is 0 Å². The number of amides is 1. The molecule has 0 saturated heterocycles. The van der Waals surface area contributed by atoms with Crippen molar-refractivity contribution in [1.29, 1.82) is 0 Å². The molecule has 0 aliphatic carbocycles. The topological polar surface area (TPSA) is 91.1 Å². The van der Waals surface area contributed by atoms with Crippen molar-refractivity contribution >= 4 is 5.91 Å². The number of aliphatic hydroxyl groups excluding tert-OH is 1. The van der Waals surface area contributed by atoms with Gasteiger partial charge in [-0.2, -0.15) is 0 Å². The van der Waals surface area contributed by atoms with Crippen LogP contribution in [0.15, 0.2) is 18.3 Å². The third-order valence-corrected chi connectivity index (χ3v) is 1.65. The number of carbonyl (C=O) groups excluding carboxylic acids is 1. The maximum atomic E-state index is 11.1. The average Bonchev–Trinajstić information content (AvgIpc) is 2.65. The van der Waals surface area contributed by atoms with E-state index >= 15 is 0 Å². The van der Waals surface area contributed by atoms with E-state index in [0.717, 1.165) is 5.69 Å². The highest BCUT2D eigenvalue weighted by Gasteiger charge is 2.10. The number of rotatable bonds is 4. The van der Waals surface area contributed by atoms with Gasteiger partial charge >= 0.3 is 0 Å². The summed E-state index contributed by atoms with van der Waals surface area (Å²) >= 11 is 0. The number of carbonyl (C=O) groups is 1. The van der Waals surface area contributed by atoms with E-state index in [4.69, 9.17) is 10.8 Å². The highest BCUT2D eigenvalue weighted by atomic mass is 16.3. The Morgan fingerprint density at radius 1 is 1.77 bits per heavy atom. The van der Waals surface area contributed by atoms with E-state index < -0.39 is 6.04 Å². The summed E-state index contributed by atoms with van der Waals surface area (Å²) in [5, 5.41) is 11.1. The van der Waals surface area contributed by atoms with Crippen LogP contribution in [0.1, 0.15) is 5.69 Å². The van der Waals surface area contributed by atoms with Crippen molar-refractivity contribution in [2.45, 2.75) is 12.6 Å². The fraction of sp³-hybridized carbons (Fsp3) is 0.375. The summed E-state index contributed by atoms with van der Waals surface area (Å²) < 4.78 is 0. The Kier molecular flexibility index (Phi) is 3.48. The van der Waals surface area contributed by atoms with Crippen LogP contribution in [-0.4, -0.2) is 28.6 Å². The van der Waals surface area contributed by atoms with Gasteiger partial charge in [0.2, 0.25) is 5.91 Å². The maximum Gasteiger partial charge on any atom is 0.239 e. The number of hydrogen-bond donors (Lipinski definition) is 4. The zero-order chi connectivity index (χ0) is 9.68. The monoisotopic (exact) mass is 183 g/mol. The molecule has 1 aromatic heterocycles. The van der Waals surface area contributed by atoms with Gasteiger partial charge in [-0.3, -0.25) is 4.79 Å².